The van der Waals surface area contributed by atoms with Gasteiger partial charge in [0.05, 0.1) is 24.6 Å². The van der Waals surface area contributed by atoms with Gasteiger partial charge in [-0.25, -0.2) is 4.98 Å². The van der Waals surface area contributed by atoms with Gasteiger partial charge in [0.2, 0.25) is 0 Å². The van der Waals surface area contributed by atoms with E-state index in [9.17, 15) is 18.0 Å². The van der Waals surface area contributed by atoms with Crippen LogP contribution < -0.4 is 15.8 Å². The molecule has 29 heavy (non-hydrogen) atoms. The van der Waals surface area contributed by atoms with Crippen molar-refractivity contribution in [1.82, 2.24) is 4.98 Å². The summed E-state index contributed by atoms with van der Waals surface area (Å²) >= 11 is 0. The number of alkyl halides is 3. The molecule has 3 N–H and O–H groups in total. The smallest absolute Gasteiger partial charge is 0.420 e. The van der Waals surface area contributed by atoms with E-state index in [0.717, 1.165) is 23.4 Å². The third-order valence-corrected chi connectivity index (χ3v) is 4.37. The van der Waals surface area contributed by atoms with E-state index in [4.69, 9.17) is 10.5 Å². The van der Waals surface area contributed by atoms with Gasteiger partial charge in [-0.3, -0.25) is 4.79 Å². The number of carbonyl (C=O) groups is 1. The summed E-state index contributed by atoms with van der Waals surface area (Å²) in [6.07, 6.45) is -3.58. The molecule has 150 valence electrons. The van der Waals surface area contributed by atoms with Crippen LogP contribution in [0.15, 0.2) is 54.7 Å². The van der Waals surface area contributed by atoms with Crippen LogP contribution in [0.5, 0.6) is 5.75 Å². The molecule has 5 nitrogen and oxygen atoms in total. The van der Waals surface area contributed by atoms with Gasteiger partial charge in [-0.2, -0.15) is 13.2 Å². The van der Waals surface area contributed by atoms with Crippen molar-refractivity contribution in [3.05, 3.63) is 71.4 Å². The maximum atomic E-state index is 13.0. The highest BCUT2D eigenvalue weighted by molar-refractivity contribution is 6.05. The second-order valence-corrected chi connectivity index (χ2v) is 6.34. The quantitative estimate of drug-likeness (QED) is 0.651. The molecule has 1 heterocycles. The van der Waals surface area contributed by atoms with Gasteiger partial charge in [-0.15, -0.1) is 0 Å². The van der Waals surface area contributed by atoms with Crippen molar-refractivity contribution in [2.45, 2.75) is 13.1 Å². The van der Waals surface area contributed by atoms with Gasteiger partial charge >= 0.3 is 6.18 Å². The first-order valence-electron chi connectivity index (χ1n) is 8.59. The number of halogens is 3. The zero-order valence-electron chi connectivity index (χ0n) is 15.7. The summed E-state index contributed by atoms with van der Waals surface area (Å²) in [4.78, 5) is 16.1. The highest BCUT2D eigenvalue weighted by atomic mass is 19.4. The molecule has 0 unspecified atom stereocenters. The minimum absolute atomic E-state index is 0.0928. The maximum absolute atomic E-state index is 13.0. The SMILES string of the molecule is COc1ccccc1-c1ccc(C(=O)Nc2cnc(N)c(C(F)(F)F)c2)c(C)c1. The van der Waals surface area contributed by atoms with Crippen LogP contribution in [-0.2, 0) is 6.18 Å². The molecule has 0 saturated carbocycles. The Bertz CT molecular complexity index is 1070. The van der Waals surface area contributed by atoms with Gasteiger partial charge in [0, 0.05) is 11.1 Å². The Hall–Kier alpha value is -3.55. The molecular formula is C21H18F3N3O2. The van der Waals surface area contributed by atoms with E-state index >= 15 is 0 Å². The highest BCUT2D eigenvalue weighted by Gasteiger charge is 2.34. The minimum atomic E-state index is -4.66. The Balaban J connectivity index is 1.87. The van der Waals surface area contributed by atoms with Gasteiger partial charge in [-0.1, -0.05) is 30.3 Å². The molecular weight excluding hydrogens is 383 g/mol. The number of hydrogen-bond donors (Lipinski definition) is 2. The first-order chi connectivity index (χ1) is 13.7. The monoisotopic (exact) mass is 401 g/mol. The molecule has 0 bridgehead atoms. The number of amides is 1. The van der Waals surface area contributed by atoms with E-state index in [1.165, 1.54) is 0 Å². The standard InChI is InChI=1S/C21H18F3N3O2/c1-12-9-13(16-5-3-4-6-18(16)29-2)7-8-15(12)20(28)27-14-10-17(21(22,23)24)19(25)26-11-14/h3-11H,1-2H3,(H2,25,26)(H,27,28). The highest BCUT2D eigenvalue weighted by Crippen LogP contribution is 2.34. The van der Waals surface area contributed by atoms with E-state index in [1.807, 2.05) is 30.3 Å². The molecule has 0 atom stereocenters. The molecule has 0 aliphatic heterocycles. The first-order valence-corrected chi connectivity index (χ1v) is 8.59. The van der Waals surface area contributed by atoms with Crippen LogP contribution in [0.25, 0.3) is 11.1 Å². The number of aryl methyl sites for hydroxylation is 1. The summed E-state index contributed by atoms with van der Waals surface area (Å²) in [7, 11) is 1.57. The average Bonchev–Trinajstić information content (AvgIpc) is 2.68. The van der Waals surface area contributed by atoms with Crippen LogP contribution in [0.3, 0.4) is 0 Å². The van der Waals surface area contributed by atoms with Crippen LogP contribution >= 0.6 is 0 Å². The molecule has 0 spiro atoms. The number of para-hydroxylation sites is 1. The number of nitrogens with one attached hydrogen (secondary N) is 1. The summed E-state index contributed by atoms with van der Waals surface area (Å²) in [5, 5.41) is 2.44. The topological polar surface area (TPSA) is 77.2 Å². The van der Waals surface area contributed by atoms with Crippen molar-refractivity contribution in [2.24, 2.45) is 0 Å². The Labute approximate surface area is 165 Å². The molecule has 0 radical (unpaired) electrons. The van der Waals surface area contributed by atoms with Crippen molar-refractivity contribution in [3.8, 4) is 16.9 Å². The zero-order chi connectivity index (χ0) is 21.2. The van der Waals surface area contributed by atoms with Crippen molar-refractivity contribution >= 4 is 17.4 Å². The first kappa shape index (κ1) is 20.2. The zero-order valence-corrected chi connectivity index (χ0v) is 15.7. The number of hydrogen-bond acceptors (Lipinski definition) is 4. The fourth-order valence-electron chi connectivity index (χ4n) is 2.94. The molecule has 0 fully saturated rings. The Morgan fingerprint density at radius 3 is 2.52 bits per heavy atom. The van der Waals surface area contributed by atoms with Crippen LogP contribution in [-0.4, -0.2) is 18.0 Å². The van der Waals surface area contributed by atoms with Gasteiger partial charge in [0.25, 0.3) is 5.91 Å². The second kappa shape index (κ2) is 7.83. The van der Waals surface area contributed by atoms with Crippen molar-refractivity contribution in [2.75, 3.05) is 18.2 Å². The number of methoxy groups -OCH3 is 1. The molecule has 3 rings (SSSR count). The fraction of sp³-hybridized carbons (Fsp3) is 0.143. The molecule has 3 aromatic rings. The number of nitrogen functional groups attached to an aromatic ring is 1. The number of pyridine rings is 1. The number of anilines is 2. The molecule has 0 aliphatic rings. The molecule has 0 aliphatic carbocycles. The normalized spacial score (nSPS) is 11.2. The lowest BCUT2D eigenvalue weighted by molar-refractivity contribution is -0.137. The van der Waals surface area contributed by atoms with E-state index in [-0.39, 0.29) is 5.69 Å². The molecule has 1 amide bonds. The molecule has 1 aromatic heterocycles. The lowest BCUT2D eigenvalue weighted by Crippen LogP contribution is -2.16. The number of nitrogens with two attached hydrogens (primary N) is 1. The molecule has 0 saturated heterocycles. The maximum Gasteiger partial charge on any atom is 0.420 e. The van der Waals surface area contributed by atoms with Crippen LogP contribution in [0.1, 0.15) is 21.5 Å². The summed E-state index contributed by atoms with van der Waals surface area (Å²) in [5.74, 6) is -0.502. The van der Waals surface area contributed by atoms with Crippen molar-refractivity contribution < 1.29 is 22.7 Å². The Kier molecular flexibility index (Phi) is 5.45. The Morgan fingerprint density at radius 2 is 1.86 bits per heavy atom. The summed E-state index contributed by atoms with van der Waals surface area (Å²) in [6.45, 7) is 1.75. The third-order valence-electron chi connectivity index (χ3n) is 4.37. The van der Waals surface area contributed by atoms with Gasteiger partial charge in [0.15, 0.2) is 0 Å². The number of rotatable bonds is 4. The second-order valence-electron chi connectivity index (χ2n) is 6.34. The lowest BCUT2D eigenvalue weighted by atomic mass is 9.99. The third kappa shape index (κ3) is 4.31. The predicted molar refractivity (Wildman–Crippen MR) is 105 cm³/mol. The lowest BCUT2D eigenvalue weighted by Gasteiger charge is -2.13. The number of nitrogens with zero attached hydrogens (tertiary/aromatic N) is 1. The summed E-state index contributed by atoms with van der Waals surface area (Å²) in [5.41, 5.74) is 6.79. The van der Waals surface area contributed by atoms with Gasteiger partial charge in [0.1, 0.15) is 11.6 Å². The summed E-state index contributed by atoms with van der Waals surface area (Å²) in [6, 6.07) is 13.4. The van der Waals surface area contributed by atoms with E-state index in [1.54, 1.807) is 26.2 Å². The number of ether oxygens (including phenoxy) is 1. The minimum Gasteiger partial charge on any atom is -0.496 e. The number of aromatic nitrogens is 1. The number of carbonyl (C=O) groups excluding carboxylic acids is 1. The predicted octanol–water partition coefficient (Wildman–Crippen LogP) is 4.92. The van der Waals surface area contributed by atoms with Crippen molar-refractivity contribution in [3.63, 3.8) is 0 Å². The molecule has 8 heteroatoms. The van der Waals surface area contributed by atoms with Crippen LogP contribution in [0.4, 0.5) is 24.7 Å². The summed E-state index contributed by atoms with van der Waals surface area (Å²) < 4.78 is 44.3. The largest absolute Gasteiger partial charge is 0.496 e. The van der Waals surface area contributed by atoms with E-state index < -0.39 is 23.5 Å². The Morgan fingerprint density at radius 1 is 1.14 bits per heavy atom. The van der Waals surface area contributed by atoms with Gasteiger partial charge < -0.3 is 15.8 Å². The van der Waals surface area contributed by atoms with Crippen LogP contribution in [0, 0.1) is 6.92 Å². The van der Waals surface area contributed by atoms with E-state index in [2.05, 4.69) is 10.3 Å². The van der Waals surface area contributed by atoms with Crippen LogP contribution in [0.2, 0.25) is 0 Å². The van der Waals surface area contributed by atoms with E-state index in [0.29, 0.717) is 16.9 Å². The fourth-order valence-corrected chi connectivity index (χ4v) is 2.94. The van der Waals surface area contributed by atoms with Gasteiger partial charge in [-0.05, 0) is 36.2 Å². The number of benzene rings is 2. The average molecular weight is 401 g/mol. The molecule has 2 aromatic carbocycles. The van der Waals surface area contributed by atoms with Crippen molar-refractivity contribution in [1.29, 1.82) is 0 Å².